The second-order valence-corrected chi connectivity index (χ2v) is 6.13. The van der Waals surface area contributed by atoms with Gasteiger partial charge in [-0.2, -0.15) is 5.10 Å². The fourth-order valence-electron chi connectivity index (χ4n) is 2.29. The van der Waals surface area contributed by atoms with E-state index in [-0.39, 0.29) is 16.4 Å². The van der Waals surface area contributed by atoms with Crippen molar-refractivity contribution >= 4 is 29.2 Å². The molecule has 138 valence electrons. The average Bonchev–Trinajstić information content (AvgIpc) is 3.15. The van der Waals surface area contributed by atoms with Gasteiger partial charge in [-0.3, -0.25) is 9.89 Å². The maximum Gasteiger partial charge on any atom is 0.357 e. The molecule has 0 bridgehead atoms. The number of nitrogens with one attached hydrogen (secondary N) is 2. The molecule has 0 saturated carbocycles. The fourth-order valence-corrected chi connectivity index (χ4v) is 2.44. The van der Waals surface area contributed by atoms with Gasteiger partial charge in [-0.25, -0.2) is 9.18 Å². The zero-order chi connectivity index (χ0) is 19.4. The van der Waals surface area contributed by atoms with E-state index < -0.39 is 23.8 Å². The van der Waals surface area contributed by atoms with Crippen LogP contribution >= 0.6 is 11.6 Å². The Bertz CT molecular complexity index is 975. The van der Waals surface area contributed by atoms with E-state index in [1.165, 1.54) is 25.1 Å². The minimum atomic E-state index is -1.14. The number of hydrogen-bond donors (Lipinski definition) is 2. The zero-order valence-corrected chi connectivity index (χ0v) is 15.0. The summed E-state index contributed by atoms with van der Waals surface area (Å²) in [6, 6.07) is 14.6. The third-order valence-corrected chi connectivity index (χ3v) is 3.94. The van der Waals surface area contributed by atoms with Gasteiger partial charge in [-0.15, -0.1) is 0 Å². The molecule has 3 aromatic rings. The maximum absolute atomic E-state index is 13.7. The number of amides is 1. The monoisotopic (exact) mass is 387 g/mol. The summed E-state index contributed by atoms with van der Waals surface area (Å²) < 4.78 is 18.9. The zero-order valence-electron chi connectivity index (χ0n) is 14.2. The molecular formula is C19H15ClFN3O3. The van der Waals surface area contributed by atoms with Crippen LogP contribution in [0, 0.1) is 5.82 Å². The number of rotatable bonds is 5. The second kappa shape index (κ2) is 8.01. The highest BCUT2D eigenvalue weighted by atomic mass is 35.5. The molecule has 0 aliphatic rings. The van der Waals surface area contributed by atoms with Gasteiger partial charge in [0.25, 0.3) is 5.91 Å². The van der Waals surface area contributed by atoms with Gasteiger partial charge in [-0.05, 0) is 31.2 Å². The minimum Gasteiger partial charge on any atom is -0.448 e. The Morgan fingerprint density at radius 2 is 1.93 bits per heavy atom. The van der Waals surface area contributed by atoms with Crippen molar-refractivity contribution in [1.82, 2.24) is 10.2 Å². The molecule has 0 fully saturated rings. The molecule has 0 aliphatic carbocycles. The van der Waals surface area contributed by atoms with E-state index in [0.29, 0.717) is 5.69 Å². The molecule has 0 aliphatic heterocycles. The first kappa shape index (κ1) is 18.6. The standard InChI is InChI=1S/C19H15ClFN3O3/c1-11(18(25)22-15-8-7-13(20)9-14(15)21)27-19(26)17-10-16(23-24-17)12-5-3-2-4-6-12/h2-11H,1H3,(H,22,25)(H,23,24)/t11-/m0/s1. The van der Waals surface area contributed by atoms with Crippen molar-refractivity contribution in [1.29, 1.82) is 0 Å². The van der Waals surface area contributed by atoms with Gasteiger partial charge in [-0.1, -0.05) is 41.9 Å². The van der Waals surface area contributed by atoms with E-state index in [1.807, 2.05) is 30.3 Å². The van der Waals surface area contributed by atoms with Gasteiger partial charge < -0.3 is 10.1 Å². The Labute approximate surface area is 159 Å². The number of nitrogens with zero attached hydrogens (tertiary/aromatic N) is 1. The first-order valence-corrected chi connectivity index (χ1v) is 8.39. The molecule has 0 radical (unpaired) electrons. The number of esters is 1. The third kappa shape index (κ3) is 4.51. The van der Waals surface area contributed by atoms with Crippen molar-refractivity contribution in [3.8, 4) is 11.3 Å². The van der Waals surface area contributed by atoms with Crippen molar-refractivity contribution in [3.05, 3.63) is 71.1 Å². The number of anilines is 1. The van der Waals surface area contributed by atoms with Crippen LogP contribution in [0.1, 0.15) is 17.4 Å². The molecule has 3 rings (SSSR count). The molecular weight excluding hydrogens is 373 g/mol. The Balaban J connectivity index is 1.63. The van der Waals surface area contributed by atoms with Crippen LogP contribution < -0.4 is 5.32 Å². The lowest BCUT2D eigenvalue weighted by atomic mass is 10.1. The van der Waals surface area contributed by atoms with Crippen molar-refractivity contribution in [3.63, 3.8) is 0 Å². The van der Waals surface area contributed by atoms with E-state index >= 15 is 0 Å². The molecule has 2 N–H and O–H groups in total. The molecule has 0 saturated heterocycles. The number of hydrogen-bond acceptors (Lipinski definition) is 4. The predicted molar refractivity (Wildman–Crippen MR) is 98.9 cm³/mol. The Morgan fingerprint density at radius 1 is 1.19 bits per heavy atom. The second-order valence-electron chi connectivity index (χ2n) is 5.69. The van der Waals surface area contributed by atoms with Gasteiger partial charge in [0, 0.05) is 10.6 Å². The van der Waals surface area contributed by atoms with Gasteiger partial charge in [0.1, 0.15) is 11.5 Å². The van der Waals surface area contributed by atoms with Crippen molar-refractivity contribution < 1.29 is 18.7 Å². The Morgan fingerprint density at radius 3 is 2.63 bits per heavy atom. The number of aromatic amines is 1. The molecule has 0 spiro atoms. The lowest BCUT2D eigenvalue weighted by molar-refractivity contribution is -0.123. The van der Waals surface area contributed by atoms with Crippen LogP contribution in [0.2, 0.25) is 5.02 Å². The van der Waals surface area contributed by atoms with Crippen LogP contribution in [0.4, 0.5) is 10.1 Å². The van der Waals surface area contributed by atoms with Gasteiger partial charge in [0.15, 0.2) is 6.10 Å². The number of carbonyl (C=O) groups excluding carboxylic acids is 2. The predicted octanol–water partition coefficient (Wildman–Crippen LogP) is 4.05. The van der Waals surface area contributed by atoms with Gasteiger partial charge in [0.2, 0.25) is 0 Å². The number of halogens is 2. The summed E-state index contributed by atoms with van der Waals surface area (Å²) in [4.78, 5) is 24.3. The van der Waals surface area contributed by atoms with Crippen molar-refractivity contribution in [2.45, 2.75) is 13.0 Å². The lowest BCUT2D eigenvalue weighted by Gasteiger charge is -2.13. The molecule has 27 heavy (non-hydrogen) atoms. The van der Waals surface area contributed by atoms with Crippen LogP contribution in [0.25, 0.3) is 11.3 Å². The molecule has 1 heterocycles. The quantitative estimate of drug-likeness (QED) is 0.647. The van der Waals surface area contributed by atoms with Crippen LogP contribution in [-0.4, -0.2) is 28.2 Å². The van der Waals surface area contributed by atoms with Gasteiger partial charge in [0.05, 0.1) is 11.4 Å². The number of H-pyrrole nitrogens is 1. The molecule has 1 aromatic heterocycles. The van der Waals surface area contributed by atoms with E-state index in [9.17, 15) is 14.0 Å². The van der Waals surface area contributed by atoms with E-state index in [2.05, 4.69) is 15.5 Å². The SMILES string of the molecule is C[C@H](OC(=O)c1cc(-c2ccccc2)n[nH]1)C(=O)Nc1ccc(Cl)cc1F. The summed E-state index contributed by atoms with van der Waals surface area (Å²) in [5, 5.41) is 9.20. The maximum atomic E-state index is 13.7. The first-order valence-electron chi connectivity index (χ1n) is 8.02. The van der Waals surface area contributed by atoms with Crippen LogP contribution in [0.3, 0.4) is 0 Å². The smallest absolute Gasteiger partial charge is 0.357 e. The average molecular weight is 388 g/mol. The summed E-state index contributed by atoms with van der Waals surface area (Å²) in [5.74, 6) is -2.10. The number of carbonyl (C=O) groups is 2. The van der Waals surface area contributed by atoms with Crippen LogP contribution in [-0.2, 0) is 9.53 Å². The van der Waals surface area contributed by atoms with E-state index in [4.69, 9.17) is 16.3 Å². The van der Waals surface area contributed by atoms with E-state index in [0.717, 1.165) is 11.6 Å². The van der Waals surface area contributed by atoms with E-state index in [1.54, 1.807) is 0 Å². The lowest BCUT2D eigenvalue weighted by Crippen LogP contribution is -2.30. The first-order chi connectivity index (χ1) is 12.9. The van der Waals surface area contributed by atoms with Gasteiger partial charge >= 0.3 is 5.97 Å². The third-order valence-electron chi connectivity index (χ3n) is 3.71. The Hall–Kier alpha value is -3.19. The van der Waals surface area contributed by atoms with Crippen molar-refractivity contribution in [2.24, 2.45) is 0 Å². The van der Waals surface area contributed by atoms with Crippen molar-refractivity contribution in [2.75, 3.05) is 5.32 Å². The summed E-state index contributed by atoms with van der Waals surface area (Å²) in [7, 11) is 0. The molecule has 2 aromatic carbocycles. The summed E-state index contributed by atoms with van der Waals surface area (Å²) in [5.41, 5.74) is 1.45. The number of ether oxygens (including phenoxy) is 1. The topological polar surface area (TPSA) is 84.1 Å². The summed E-state index contributed by atoms with van der Waals surface area (Å²) >= 11 is 5.67. The number of benzene rings is 2. The minimum absolute atomic E-state index is 0.0554. The normalized spacial score (nSPS) is 11.7. The molecule has 8 heteroatoms. The molecule has 1 amide bonds. The largest absolute Gasteiger partial charge is 0.448 e. The molecule has 0 unspecified atom stereocenters. The molecule has 6 nitrogen and oxygen atoms in total. The van der Waals surface area contributed by atoms with Crippen LogP contribution in [0.15, 0.2) is 54.6 Å². The highest BCUT2D eigenvalue weighted by Gasteiger charge is 2.21. The highest BCUT2D eigenvalue weighted by Crippen LogP contribution is 2.20. The highest BCUT2D eigenvalue weighted by molar-refractivity contribution is 6.30. The number of aromatic nitrogens is 2. The summed E-state index contributed by atoms with van der Waals surface area (Å²) in [6.07, 6.45) is -1.14. The Kier molecular flexibility index (Phi) is 5.52. The molecule has 1 atom stereocenters. The fraction of sp³-hybridized carbons (Fsp3) is 0.105. The summed E-state index contributed by atoms with van der Waals surface area (Å²) in [6.45, 7) is 1.38. The van der Waals surface area contributed by atoms with Crippen LogP contribution in [0.5, 0.6) is 0 Å².